The molecule has 0 aliphatic heterocycles. The highest BCUT2D eigenvalue weighted by molar-refractivity contribution is 6.37. The van der Waals surface area contributed by atoms with E-state index in [2.05, 4.69) is 0 Å². The molecule has 0 aliphatic carbocycles. The molecular formula is C12H7Cl2NO3. The minimum atomic E-state index is -0.480. The molecule has 0 spiro atoms. The Bertz CT molecular complexity index is 564. The highest BCUT2D eigenvalue weighted by Crippen LogP contribution is 2.36. The lowest BCUT2D eigenvalue weighted by molar-refractivity contribution is -0.384. The second-order valence-electron chi connectivity index (χ2n) is 3.40. The number of nitrogens with zero attached hydrogens (tertiary/aromatic N) is 1. The predicted molar refractivity (Wildman–Crippen MR) is 69.6 cm³/mol. The van der Waals surface area contributed by atoms with Gasteiger partial charge in [-0.25, -0.2) is 0 Å². The third-order valence-corrected chi connectivity index (χ3v) is 2.78. The van der Waals surface area contributed by atoms with E-state index in [1.54, 1.807) is 18.2 Å². The molecule has 6 heteroatoms. The first-order chi connectivity index (χ1) is 8.58. The van der Waals surface area contributed by atoms with Gasteiger partial charge in [0.1, 0.15) is 5.75 Å². The van der Waals surface area contributed by atoms with E-state index in [0.717, 1.165) is 0 Å². The molecule has 4 nitrogen and oxygen atoms in total. The van der Waals surface area contributed by atoms with E-state index in [4.69, 9.17) is 27.9 Å². The molecule has 0 bridgehead atoms. The molecule has 0 saturated heterocycles. The summed E-state index contributed by atoms with van der Waals surface area (Å²) in [6.45, 7) is 0. The largest absolute Gasteiger partial charge is 0.454 e. The average Bonchev–Trinajstić information content (AvgIpc) is 2.34. The van der Waals surface area contributed by atoms with Crippen molar-refractivity contribution in [2.75, 3.05) is 0 Å². The van der Waals surface area contributed by atoms with Crippen LogP contribution in [0.2, 0.25) is 10.0 Å². The smallest absolute Gasteiger partial charge is 0.269 e. The van der Waals surface area contributed by atoms with Gasteiger partial charge in [0.05, 0.1) is 15.0 Å². The Morgan fingerprint density at radius 1 is 1.00 bits per heavy atom. The first-order valence-corrected chi connectivity index (χ1v) is 5.70. The highest BCUT2D eigenvalue weighted by atomic mass is 35.5. The summed E-state index contributed by atoms with van der Waals surface area (Å²) in [7, 11) is 0. The zero-order valence-electron chi connectivity index (χ0n) is 8.97. The van der Waals surface area contributed by atoms with Gasteiger partial charge in [0.25, 0.3) is 5.69 Å². The van der Waals surface area contributed by atoms with Crippen molar-refractivity contribution in [1.82, 2.24) is 0 Å². The van der Waals surface area contributed by atoms with Crippen LogP contribution in [0.1, 0.15) is 0 Å². The van der Waals surface area contributed by atoms with E-state index < -0.39 is 4.92 Å². The molecule has 0 aromatic heterocycles. The van der Waals surface area contributed by atoms with E-state index in [1.165, 1.54) is 24.3 Å². The van der Waals surface area contributed by atoms with Crippen LogP contribution in [0.25, 0.3) is 0 Å². The first-order valence-electron chi connectivity index (χ1n) is 4.94. The molecule has 0 unspecified atom stereocenters. The summed E-state index contributed by atoms with van der Waals surface area (Å²) in [5, 5.41) is 11.3. The van der Waals surface area contributed by atoms with Crippen molar-refractivity contribution in [2.45, 2.75) is 0 Å². The van der Waals surface area contributed by atoms with Crippen LogP contribution in [0, 0.1) is 10.1 Å². The van der Waals surface area contributed by atoms with Crippen molar-refractivity contribution in [3.8, 4) is 11.5 Å². The van der Waals surface area contributed by atoms with Crippen LogP contribution in [0.4, 0.5) is 5.69 Å². The summed E-state index contributed by atoms with van der Waals surface area (Å²) >= 11 is 11.9. The van der Waals surface area contributed by atoms with Crippen LogP contribution in [-0.4, -0.2) is 4.92 Å². The number of benzene rings is 2. The van der Waals surface area contributed by atoms with Gasteiger partial charge in [0.2, 0.25) is 0 Å². The van der Waals surface area contributed by atoms with Crippen molar-refractivity contribution in [3.63, 3.8) is 0 Å². The van der Waals surface area contributed by atoms with Gasteiger partial charge in [-0.15, -0.1) is 0 Å². The van der Waals surface area contributed by atoms with Gasteiger partial charge < -0.3 is 4.74 Å². The van der Waals surface area contributed by atoms with Crippen molar-refractivity contribution < 1.29 is 9.66 Å². The molecule has 0 saturated carbocycles. The molecule has 0 aliphatic rings. The third-order valence-electron chi connectivity index (χ3n) is 2.19. The van der Waals surface area contributed by atoms with Crippen molar-refractivity contribution in [2.24, 2.45) is 0 Å². The van der Waals surface area contributed by atoms with E-state index in [-0.39, 0.29) is 5.69 Å². The fourth-order valence-electron chi connectivity index (χ4n) is 1.33. The van der Waals surface area contributed by atoms with Gasteiger partial charge in [-0.2, -0.15) is 0 Å². The van der Waals surface area contributed by atoms with Gasteiger partial charge in [-0.1, -0.05) is 29.3 Å². The molecule has 0 N–H and O–H groups in total. The average molecular weight is 284 g/mol. The fourth-order valence-corrected chi connectivity index (χ4v) is 1.81. The van der Waals surface area contributed by atoms with Gasteiger partial charge in [-0.3, -0.25) is 10.1 Å². The third kappa shape index (κ3) is 2.72. The summed E-state index contributed by atoms with van der Waals surface area (Å²) in [5.74, 6) is 0.755. The number of hydrogen-bond acceptors (Lipinski definition) is 3. The summed E-state index contributed by atoms with van der Waals surface area (Å²) in [5.41, 5.74) is -0.00685. The molecule has 0 fully saturated rings. The Morgan fingerprint density at radius 3 is 2.06 bits per heavy atom. The topological polar surface area (TPSA) is 52.4 Å². The van der Waals surface area contributed by atoms with Crippen LogP contribution in [-0.2, 0) is 0 Å². The Hall–Kier alpha value is -1.78. The lowest BCUT2D eigenvalue weighted by Gasteiger charge is -2.08. The Labute approximate surface area is 113 Å². The Balaban J connectivity index is 2.26. The van der Waals surface area contributed by atoms with Crippen molar-refractivity contribution >= 4 is 28.9 Å². The molecule has 2 aromatic rings. The van der Waals surface area contributed by atoms with E-state index in [1.807, 2.05) is 0 Å². The van der Waals surface area contributed by atoms with E-state index >= 15 is 0 Å². The Morgan fingerprint density at radius 2 is 1.56 bits per heavy atom. The molecule has 92 valence electrons. The minimum absolute atomic E-state index is 0.00685. The first kappa shape index (κ1) is 12.7. The number of rotatable bonds is 3. The second-order valence-corrected chi connectivity index (χ2v) is 4.22. The van der Waals surface area contributed by atoms with Gasteiger partial charge in [0, 0.05) is 12.1 Å². The fraction of sp³-hybridized carbons (Fsp3) is 0. The zero-order valence-corrected chi connectivity index (χ0v) is 10.5. The lowest BCUT2D eigenvalue weighted by atomic mass is 10.3. The molecule has 2 aromatic carbocycles. The zero-order chi connectivity index (χ0) is 13.1. The molecule has 2 rings (SSSR count). The molecule has 0 radical (unpaired) electrons. The van der Waals surface area contributed by atoms with Crippen LogP contribution < -0.4 is 4.74 Å². The second kappa shape index (κ2) is 5.25. The highest BCUT2D eigenvalue weighted by Gasteiger charge is 2.09. The monoisotopic (exact) mass is 283 g/mol. The summed E-state index contributed by atoms with van der Waals surface area (Å²) in [6.07, 6.45) is 0. The van der Waals surface area contributed by atoms with E-state index in [9.17, 15) is 10.1 Å². The standard InChI is InChI=1S/C12H7Cl2NO3/c13-10-2-1-3-11(14)12(10)18-9-6-4-8(5-7-9)15(16)17/h1-7H. The summed E-state index contributed by atoms with van der Waals surface area (Å²) in [6, 6.07) is 10.7. The molecule has 0 atom stereocenters. The predicted octanol–water partition coefficient (Wildman–Crippen LogP) is 4.69. The quantitative estimate of drug-likeness (QED) is 0.606. The minimum Gasteiger partial charge on any atom is -0.454 e. The van der Waals surface area contributed by atoms with Gasteiger partial charge >= 0.3 is 0 Å². The normalized spacial score (nSPS) is 10.1. The maximum Gasteiger partial charge on any atom is 0.269 e. The van der Waals surface area contributed by atoms with Crippen molar-refractivity contribution in [1.29, 1.82) is 0 Å². The maximum atomic E-state index is 10.5. The number of non-ortho nitro benzene ring substituents is 1. The van der Waals surface area contributed by atoms with Gasteiger partial charge in [0.15, 0.2) is 5.75 Å². The molecular weight excluding hydrogens is 277 g/mol. The van der Waals surface area contributed by atoms with Crippen LogP contribution in [0.5, 0.6) is 11.5 Å². The van der Waals surface area contributed by atoms with Gasteiger partial charge in [-0.05, 0) is 24.3 Å². The van der Waals surface area contributed by atoms with Crippen LogP contribution in [0.3, 0.4) is 0 Å². The van der Waals surface area contributed by atoms with E-state index in [0.29, 0.717) is 21.5 Å². The molecule has 18 heavy (non-hydrogen) atoms. The summed E-state index contributed by atoms with van der Waals surface area (Å²) < 4.78 is 5.49. The number of nitro benzene ring substituents is 1. The molecule has 0 heterocycles. The number of ether oxygens (including phenoxy) is 1. The maximum absolute atomic E-state index is 10.5. The lowest BCUT2D eigenvalue weighted by Crippen LogP contribution is -1.89. The summed E-state index contributed by atoms with van der Waals surface area (Å²) in [4.78, 5) is 10.0. The molecule has 0 amide bonds. The van der Waals surface area contributed by atoms with Crippen LogP contribution in [0.15, 0.2) is 42.5 Å². The Kier molecular flexibility index (Phi) is 3.69. The van der Waals surface area contributed by atoms with Crippen molar-refractivity contribution in [3.05, 3.63) is 62.6 Å². The SMILES string of the molecule is O=[N+]([O-])c1ccc(Oc2c(Cl)cccc2Cl)cc1. The number of para-hydroxylation sites is 1. The van der Waals surface area contributed by atoms with Crippen LogP contribution >= 0.6 is 23.2 Å². The number of hydrogen-bond donors (Lipinski definition) is 0. The number of halogens is 2. The number of nitro groups is 1.